The number of nitrogens with zero attached hydrogens (tertiary/aromatic N) is 4. The molecule has 0 saturated carbocycles. The third-order valence-corrected chi connectivity index (χ3v) is 2.57. The van der Waals surface area contributed by atoms with Gasteiger partial charge in [-0.1, -0.05) is 0 Å². The zero-order chi connectivity index (χ0) is 10.3. The molecule has 74 valence electrons. The van der Waals surface area contributed by atoms with Crippen LogP contribution in [0.15, 0.2) is 17.4 Å². The van der Waals surface area contributed by atoms with Crippen molar-refractivity contribution in [2.45, 2.75) is 12.1 Å². The molecule has 0 saturated heterocycles. The van der Waals surface area contributed by atoms with Crippen LogP contribution >= 0.6 is 10.7 Å². The second-order valence-corrected chi connectivity index (χ2v) is 5.11. The number of fused-ring (bicyclic) bond motifs is 1. The SMILES string of the molecule is Cc1ccn2nc(S(=O)(=O)Cl)nc2n1. The maximum Gasteiger partial charge on any atom is 0.298 e. The topological polar surface area (TPSA) is 77.2 Å². The van der Waals surface area contributed by atoms with E-state index >= 15 is 0 Å². The molecule has 0 spiro atoms. The Morgan fingerprint density at radius 2 is 2.14 bits per heavy atom. The van der Waals surface area contributed by atoms with Crippen molar-refractivity contribution in [3.8, 4) is 0 Å². The summed E-state index contributed by atoms with van der Waals surface area (Å²) >= 11 is 0. The third-order valence-electron chi connectivity index (χ3n) is 1.55. The van der Waals surface area contributed by atoms with Crippen LogP contribution in [0.4, 0.5) is 0 Å². The number of hydrogen-bond acceptors (Lipinski definition) is 5. The van der Waals surface area contributed by atoms with E-state index in [4.69, 9.17) is 10.7 Å². The first-order valence-electron chi connectivity index (χ1n) is 3.61. The first-order valence-corrected chi connectivity index (χ1v) is 5.92. The van der Waals surface area contributed by atoms with Crippen LogP contribution in [0.2, 0.25) is 0 Å². The molecule has 2 aromatic rings. The van der Waals surface area contributed by atoms with Gasteiger partial charge in [0.25, 0.3) is 20.0 Å². The van der Waals surface area contributed by atoms with Crippen LogP contribution in [-0.4, -0.2) is 28.0 Å². The average Bonchev–Trinajstić information content (AvgIpc) is 2.45. The molecule has 2 heterocycles. The highest BCUT2D eigenvalue weighted by atomic mass is 35.7. The van der Waals surface area contributed by atoms with Crippen LogP contribution in [0.1, 0.15) is 5.69 Å². The monoisotopic (exact) mass is 232 g/mol. The van der Waals surface area contributed by atoms with Crippen molar-refractivity contribution in [3.63, 3.8) is 0 Å². The number of halogens is 1. The minimum atomic E-state index is -3.89. The highest BCUT2D eigenvalue weighted by molar-refractivity contribution is 8.13. The first kappa shape index (κ1) is 9.35. The smallest absolute Gasteiger partial charge is 0.216 e. The third kappa shape index (κ3) is 1.55. The summed E-state index contributed by atoms with van der Waals surface area (Å²) in [5, 5.41) is 3.22. The van der Waals surface area contributed by atoms with Crippen LogP contribution in [0.5, 0.6) is 0 Å². The van der Waals surface area contributed by atoms with Gasteiger partial charge in [0.05, 0.1) is 0 Å². The van der Waals surface area contributed by atoms with E-state index in [0.717, 1.165) is 5.69 Å². The standard InChI is InChI=1S/C6H5ClN4O2S/c1-4-2-3-11-5(8-4)9-6(10-11)14(7,12)13/h2-3H,1H3. The fourth-order valence-corrected chi connectivity index (χ4v) is 1.52. The molecular weight excluding hydrogens is 228 g/mol. The Labute approximate surface area is 84.0 Å². The zero-order valence-corrected chi connectivity index (χ0v) is 8.62. The molecule has 0 aliphatic heterocycles. The van der Waals surface area contributed by atoms with E-state index in [9.17, 15) is 8.42 Å². The van der Waals surface area contributed by atoms with Crippen LogP contribution in [0.25, 0.3) is 5.78 Å². The minimum Gasteiger partial charge on any atom is -0.216 e. The van der Waals surface area contributed by atoms with E-state index in [0.29, 0.717) is 0 Å². The molecule has 0 aromatic carbocycles. The molecule has 0 aliphatic rings. The molecule has 0 aliphatic carbocycles. The van der Waals surface area contributed by atoms with Crippen molar-refractivity contribution >= 4 is 25.5 Å². The average molecular weight is 233 g/mol. The van der Waals surface area contributed by atoms with E-state index in [1.165, 1.54) is 4.52 Å². The Kier molecular flexibility index (Phi) is 1.93. The van der Waals surface area contributed by atoms with Crippen LogP contribution in [0.3, 0.4) is 0 Å². The molecule has 6 nitrogen and oxygen atoms in total. The predicted molar refractivity (Wildman–Crippen MR) is 48.6 cm³/mol. The molecule has 14 heavy (non-hydrogen) atoms. The highest BCUT2D eigenvalue weighted by Crippen LogP contribution is 2.10. The lowest BCUT2D eigenvalue weighted by Crippen LogP contribution is -1.94. The van der Waals surface area contributed by atoms with E-state index in [2.05, 4.69) is 15.1 Å². The van der Waals surface area contributed by atoms with Gasteiger partial charge in [-0.2, -0.15) is 4.98 Å². The van der Waals surface area contributed by atoms with Gasteiger partial charge >= 0.3 is 0 Å². The summed E-state index contributed by atoms with van der Waals surface area (Å²) in [6.07, 6.45) is 1.57. The van der Waals surface area contributed by atoms with E-state index in [1.807, 2.05) is 0 Å². The molecule has 2 rings (SSSR count). The second kappa shape index (κ2) is 2.89. The predicted octanol–water partition coefficient (Wildman–Crippen LogP) is 0.360. The summed E-state index contributed by atoms with van der Waals surface area (Å²) in [7, 11) is 1.19. The van der Waals surface area contributed by atoms with Crippen molar-refractivity contribution in [3.05, 3.63) is 18.0 Å². The van der Waals surface area contributed by atoms with Crippen molar-refractivity contribution in [1.29, 1.82) is 0 Å². The summed E-state index contributed by atoms with van der Waals surface area (Å²) in [5.74, 6) is 0.212. The van der Waals surface area contributed by atoms with E-state index < -0.39 is 14.2 Å². The fraction of sp³-hybridized carbons (Fsp3) is 0.167. The number of hydrogen-bond donors (Lipinski definition) is 0. The van der Waals surface area contributed by atoms with Gasteiger partial charge in [0.1, 0.15) is 0 Å². The summed E-state index contributed by atoms with van der Waals surface area (Å²) in [6, 6.07) is 1.69. The van der Waals surface area contributed by atoms with Crippen LogP contribution in [-0.2, 0) is 9.05 Å². The molecule has 0 amide bonds. The molecular formula is C6H5ClN4O2S. The number of aryl methyl sites for hydroxylation is 1. The maximum atomic E-state index is 10.9. The summed E-state index contributed by atoms with van der Waals surface area (Å²) in [4.78, 5) is 7.64. The van der Waals surface area contributed by atoms with E-state index in [-0.39, 0.29) is 5.78 Å². The van der Waals surface area contributed by atoms with Gasteiger partial charge < -0.3 is 0 Å². The van der Waals surface area contributed by atoms with Crippen molar-refractivity contribution in [2.75, 3.05) is 0 Å². The van der Waals surface area contributed by atoms with Gasteiger partial charge in [-0.3, -0.25) is 0 Å². The quantitative estimate of drug-likeness (QED) is 0.664. The van der Waals surface area contributed by atoms with Gasteiger partial charge in [0.2, 0.25) is 0 Å². The summed E-state index contributed by atoms with van der Waals surface area (Å²) in [5.41, 5.74) is 0.725. The maximum absolute atomic E-state index is 10.9. The Hall–Kier alpha value is -1.21. The van der Waals surface area contributed by atoms with Gasteiger partial charge in [0.15, 0.2) is 0 Å². The molecule has 8 heteroatoms. The number of rotatable bonds is 1. The molecule has 2 aromatic heterocycles. The van der Waals surface area contributed by atoms with Crippen molar-refractivity contribution in [2.24, 2.45) is 0 Å². The lowest BCUT2D eigenvalue weighted by molar-refractivity contribution is 0.601. The van der Waals surface area contributed by atoms with Crippen LogP contribution < -0.4 is 0 Å². The van der Waals surface area contributed by atoms with Crippen molar-refractivity contribution < 1.29 is 8.42 Å². The molecule has 0 radical (unpaired) electrons. The highest BCUT2D eigenvalue weighted by Gasteiger charge is 2.17. The lowest BCUT2D eigenvalue weighted by atomic mass is 10.5. The van der Waals surface area contributed by atoms with Crippen molar-refractivity contribution in [1.82, 2.24) is 19.6 Å². The molecule has 0 bridgehead atoms. The van der Waals surface area contributed by atoms with E-state index in [1.54, 1.807) is 19.2 Å². The number of aromatic nitrogens is 4. The largest absolute Gasteiger partial charge is 0.298 e. The first-order chi connectivity index (χ1) is 6.47. The Morgan fingerprint density at radius 1 is 1.43 bits per heavy atom. The van der Waals surface area contributed by atoms with Crippen LogP contribution in [0, 0.1) is 6.92 Å². The molecule has 0 N–H and O–H groups in total. The van der Waals surface area contributed by atoms with Gasteiger partial charge in [-0.15, -0.1) is 5.10 Å². The molecule has 0 fully saturated rings. The fourth-order valence-electron chi connectivity index (χ4n) is 0.949. The van der Waals surface area contributed by atoms with Gasteiger partial charge in [-0.05, 0) is 13.0 Å². The lowest BCUT2D eigenvalue weighted by Gasteiger charge is -1.89. The summed E-state index contributed by atoms with van der Waals surface area (Å²) < 4.78 is 23.0. The van der Waals surface area contributed by atoms with Gasteiger partial charge in [0, 0.05) is 22.6 Å². The molecule has 0 unspecified atom stereocenters. The van der Waals surface area contributed by atoms with Gasteiger partial charge in [-0.25, -0.2) is 17.9 Å². The Morgan fingerprint density at radius 3 is 2.79 bits per heavy atom. The minimum absolute atomic E-state index is 0.212. The Bertz CT molecular complexity index is 591. The Balaban J connectivity index is 2.75. The molecule has 0 atom stereocenters. The second-order valence-electron chi connectivity index (χ2n) is 2.65. The zero-order valence-electron chi connectivity index (χ0n) is 7.05. The summed E-state index contributed by atoms with van der Waals surface area (Å²) in [6.45, 7) is 1.77. The normalized spacial score (nSPS) is 12.1.